The summed E-state index contributed by atoms with van der Waals surface area (Å²) in [5, 5.41) is 18.6. The summed E-state index contributed by atoms with van der Waals surface area (Å²) >= 11 is 5.84. The Morgan fingerprint density at radius 2 is 1.55 bits per heavy atom. The third-order valence-corrected chi connectivity index (χ3v) is 5.76. The van der Waals surface area contributed by atoms with Gasteiger partial charge in [-0.15, -0.1) is 0 Å². The van der Waals surface area contributed by atoms with Gasteiger partial charge >= 0.3 is 11.7 Å². The average molecular weight is 557 g/mol. The van der Waals surface area contributed by atoms with Gasteiger partial charge in [-0.05, 0) is 60.2 Å². The zero-order chi connectivity index (χ0) is 28.5. The van der Waals surface area contributed by atoms with Crippen LogP contribution in [0.1, 0.15) is 31.8 Å². The van der Waals surface area contributed by atoms with E-state index in [0.29, 0.717) is 10.7 Å². The van der Waals surface area contributed by atoms with Crippen LogP contribution in [0.5, 0.6) is 5.75 Å². The first-order valence-electron chi connectivity index (χ1n) is 11.8. The number of para-hydroxylation sites is 1. The van der Waals surface area contributed by atoms with Crippen LogP contribution < -0.4 is 15.5 Å². The number of nitrogens with one attached hydrogen (secondary N) is 2. The van der Waals surface area contributed by atoms with Crippen LogP contribution in [0.25, 0.3) is 0 Å². The molecule has 0 fully saturated rings. The summed E-state index contributed by atoms with van der Waals surface area (Å²) < 4.78 is 5.33. The number of nitro groups is 1. The van der Waals surface area contributed by atoms with Crippen molar-refractivity contribution in [2.24, 2.45) is 5.10 Å². The Labute approximate surface area is 233 Å². The van der Waals surface area contributed by atoms with Crippen molar-refractivity contribution in [3.05, 3.63) is 134 Å². The number of halogens is 1. The lowest BCUT2D eigenvalue weighted by atomic mass is 10.1. The van der Waals surface area contributed by atoms with Gasteiger partial charge in [-0.25, -0.2) is 10.2 Å². The van der Waals surface area contributed by atoms with Crippen molar-refractivity contribution < 1.29 is 24.0 Å². The Balaban J connectivity index is 1.41. The van der Waals surface area contributed by atoms with E-state index < -0.39 is 22.5 Å². The van der Waals surface area contributed by atoms with E-state index >= 15 is 0 Å². The molecule has 10 nitrogen and oxygen atoms in total. The Morgan fingerprint density at radius 3 is 2.23 bits per heavy atom. The molecule has 4 aromatic carbocycles. The lowest BCUT2D eigenvalue weighted by molar-refractivity contribution is -0.385. The Kier molecular flexibility index (Phi) is 8.95. The highest BCUT2D eigenvalue weighted by atomic mass is 35.5. The van der Waals surface area contributed by atoms with Gasteiger partial charge in [-0.1, -0.05) is 48.0 Å². The van der Waals surface area contributed by atoms with Crippen LogP contribution in [0.15, 0.2) is 102 Å². The first-order valence-corrected chi connectivity index (χ1v) is 12.2. The van der Waals surface area contributed by atoms with E-state index in [4.69, 9.17) is 16.3 Å². The summed E-state index contributed by atoms with van der Waals surface area (Å²) in [6, 6.07) is 25.3. The fourth-order valence-corrected chi connectivity index (χ4v) is 3.68. The number of benzene rings is 4. The highest BCUT2D eigenvalue weighted by Gasteiger charge is 2.22. The number of carbonyl (C=O) groups excluding carboxylic acids is 3. The second-order valence-electron chi connectivity index (χ2n) is 8.34. The highest BCUT2D eigenvalue weighted by molar-refractivity contribution is 6.30. The highest BCUT2D eigenvalue weighted by Crippen LogP contribution is 2.31. The fraction of sp³-hybridized carbons (Fsp3) is 0.0345. The zero-order valence-electron chi connectivity index (χ0n) is 20.7. The van der Waals surface area contributed by atoms with E-state index in [0.717, 1.165) is 11.8 Å². The molecule has 4 rings (SSSR count). The molecule has 0 aliphatic carbocycles. The number of esters is 1. The number of hydrazone groups is 1. The molecule has 11 heteroatoms. The number of nitro benzene ring substituents is 1. The molecule has 0 radical (unpaired) electrons. The van der Waals surface area contributed by atoms with E-state index in [1.54, 1.807) is 12.1 Å². The van der Waals surface area contributed by atoms with Crippen LogP contribution in [0.2, 0.25) is 5.02 Å². The first kappa shape index (κ1) is 27.7. The maximum Gasteiger partial charge on any atom is 0.343 e. The Bertz CT molecular complexity index is 1570. The molecular formula is C29H21ClN4O6. The molecule has 0 saturated carbocycles. The molecule has 0 atom stereocenters. The first-order chi connectivity index (χ1) is 19.3. The minimum atomic E-state index is -0.833. The second kappa shape index (κ2) is 12.9. The number of ether oxygens (including phenoxy) is 1. The molecule has 0 saturated heterocycles. The second-order valence-corrected chi connectivity index (χ2v) is 8.77. The van der Waals surface area contributed by atoms with Crippen molar-refractivity contribution in [2.75, 3.05) is 5.32 Å². The molecule has 0 spiro atoms. The van der Waals surface area contributed by atoms with Gasteiger partial charge in [0.1, 0.15) is 0 Å². The quantitative estimate of drug-likeness (QED) is 0.0928. The number of nitrogens with zero attached hydrogens (tertiary/aromatic N) is 2. The molecule has 0 aliphatic heterocycles. The minimum Gasteiger partial charge on any atom is -0.415 e. The summed E-state index contributed by atoms with van der Waals surface area (Å²) in [4.78, 5) is 48.2. The van der Waals surface area contributed by atoms with Crippen molar-refractivity contribution in [2.45, 2.75) is 6.42 Å². The Hall–Kier alpha value is -5.35. The average Bonchev–Trinajstić information content (AvgIpc) is 2.94. The van der Waals surface area contributed by atoms with Crippen LogP contribution in [-0.4, -0.2) is 28.9 Å². The van der Waals surface area contributed by atoms with Gasteiger partial charge < -0.3 is 10.1 Å². The van der Waals surface area contributed by atoms with Crippen molar-refractivity contribution in [1.29, 1.82) is 0 Å². The smallest absolute Gasteiger partial charge is 0.343 e. The van der Waals surface area contributed by atoms with Gasteiger partial charge in [0.2, 0.25) is 11.7 Å². The summed E-state index contributed by atoms with van der Waals surface area (Å²) in [6.45, 7) is 0. The molecule has 0 aromatic heterocycles. The molecule has 2 N–H and O–H groups in total. The van der Waals surface area contributed by atoms with E-state index in [-0.39, 0.29) is 34.8 Å². The summed E-state index contributed by atoms with van der Waals surface area (Å²) in [5.41, 5.74) is 3.75. The molecular weight excluding hydrogens is 536 g/mol. The predicted molar refractivity (Wildman–Crippen MR) is 150 cm³/mol. The summed E-state index contributed by atoms with van der Waals surface area (Å²) in [5.74, 6) is -1.93. The maximum atomic E-state index is 12.6. The Morgan fingerprint density at radius 1 is 0.875 bits per heavy atom. The van der Waals surface area contributed by atoms with E-state index in [1.165, 1.54) is 54.6 Å². The maximum absolute atomic E-state index is 12.6. The fourth-order valence-electron chi connectivity index (χ4n) is 3.55. The summed E-state index contributed by atoms with van der Waals surface area (Å²) in [6.07, 6.45) is 1.35. The number of anilines is 1. The number of hydrogen-bond acceptors (Lipinski definition) is 7. The van der Waals surface area contributed by atoms with Gasteiger partial charge in [0.25, 0.3) is 5.91 Å². The van der Waals surface area contributed by atoms with Gasteiger partial charge in [-0.2, -0.15) is 5.10 Å². The number of amides is 2. The summed E-state index contributed by atoms with van der Waals surface area (Å²) in [7, 11) is 0. The molecule has 0 unspecified atom stereocenters. The number of rotatable bonds is 9. The number of carbonyl (C=O) groups is 3. The molecule has 4 aromatic rings. The molecule has 40 heavy (non-hydrogen) atoms. The lowest BCUT2D eigenvalue weighted by Gasteiger charge is -2.08. The third kappa shape index (κ3) is 7.36. The normalized spacial score (nSPS) is 10.6. The van der Waals surface area contributed by atoms with E-state index in [9.17, 15) is 24.5 Å². The molecule has 0 bridgehead atoms. The molecule has 200 valence electrons. The zero-order valence-corrected chi connectivity index (χ0v) is 21.5. The van der Waals surface area contributed by atoms with Gasteiger partial charge in [0, 0.05) is 27.9 Å². The van der Waals surface area contributed by atoms with Gasteiger partial charge in [-0.3, -0.25) is 19.7 Å². The van der Waals surface area contributed by atoms with Crippen LogP contribution >= 0.6 is 11.6 Å². The SMILES string of the molecule is O=C(Cc1ccccc1)Nc1ccc(C(=O)N/N=C/c2cccc([N+](=O)[O-])c2OC(=O)c2ccc(Cl)cc2)cc1. The largest absolute Gasteiger partial charge is 0.415 e. The van der Waals surface area contributed by atoms with Gasteiger partial charge in [0.05, 0.1) is 23.1 Å². The van der Waals surface area contributed by atoms with E-state index in [2.05, 4.69) is 15.8 Å². The molecule has 2 amide bonds. The number of hydrogen-bond donors (Lipinski definition) is 2. The molecule has 0 aliphatic rings. The topological polar surface area (TPSA) is 140 Å². The van der Waals surface area contributed by atoms with Gasteiger partial charge in [0.15, 0.2) is 0 Å². The van der Waals surface area contributed by atoms with Crippen LogP contribution in [0, 0.1) is 10.1 Å². The predicted octanol–water partition coefficient (Wildman–Crippen LogP) is 5.41. The van der Waals surface area contributed by atoms with Crippen molar-refractivity contribution >= 4 is 47.0 Å². The van der Waals surface area contributed by atoms with Crippen molar-refractivity contribution in [1.82, 2.24) is 5.43 Å². The van der Waals surface area contributed by atoms with Crippen LogP contribution in [-0.2, 0) is 11.2 Å². The molecule has 0 heterocycles. The minimum absolute atomic E-state index is 0.0910. The van der Waals surface area contributed by atoms with E-state index in [1.807, 2.05) is 30.3 Å². The van der Waals surface area contributed by atoms with Crippen molar-refractivity contribution in [3.8, 4) is 5.75 Å². The van der Waals surface area contributed by atoms with Crippen molar-refractivity contribution in [3.63, 3.8) is 0 Å². The van der Waals surface area contributed by atoms with Crippen LogP contribution in [0.4, 0.5) is 11.4 Å². The lowest BCUT2D eigenvalue weighted by Crippen LogP contribution is -2.18. The monoisotopic (exact) mass is 556 g/mol. The van der Waals surface area contributed by atoms with Crippen LogP contribution in [0.3, 0.4) is 0 Å². The third-order valence-electron chi connectivity index (χ3n) is 5.50. The standard InChI is InChI=1S/C29H21ClN4O6/c30-23-13-9-21(10-14-23)29(37)40-27-22(7-4-8-25(27)34(38)39)18-31-33-28(36)20-11-15-24(16-12-20)32-26(35)17-19-5-2-1-3-6-19/h1-16,18H,17H2,(H,32,35)(H,33,36)/b31-18+.